The first-order valence-electron chi connectivity index (χ1n) is 8.30. The van der Waals surface area contributed by atoms with E-state index in [-0.39, 0.29) is 29.6 Å². The average Bonchev–Trinajstić information content (AvgIpc) is 2.67. The summed E-state index contributed by atoms with van der Waals surface area (Å²) in [5.74, 6) is 0.181. The van der Waals surface area contributed by atoms with Crippen molar-refractivity contribution in [2.45, 2.75) is 11.2 Å². The van der Waals surface area contributed by atoms with E-state index in [1.807, 2.05) is 60.7 Å². The Hall–Kier alpha value is -3.13. The maximum atomic E-state index is 12.8. The number of nitrogens with zero attached hydrogens (tertiary/aromatic N) is 4. The fourth-order valence-electron chi connectivity index (χ4n) is 2.74. The molecule has 3 aromatic rings. The number of thioether (sulfide) groups is 1. The number of benzene rings is 2. The minimum Gasteiger partial charge on any atom is -0.368 e. The van der Waals surface area contributed by atoms with Gasteiger partial charge in [0.25, 0.3) is 0 Å². The molecule has 0 bridgehead atoms. The number of anilines is 2. The van der Waals surface area contributed by atoms with Gasteiger partial charge in [-0.05, 0) is 11.1 Å². The second-order valence-corrected chi connectivity index (χ2v) is 6.79. The minimum atomic E-state index is -0.186. The van der Waals surface area contributed by atoms with Crippen LogP contribution in [0.1, 0.15) is 17.2 Å². The molecule has 1 heterocycles. The second-order valence-electron chi connectivity index (χ2n) is 5.85. The third-order valence-electron chi connectivity index (χ3n) is 3.99. The van der Waals surface area contributed by atoms with Gasteiger partial charge in [0.05, 0.1) is 11.8 Å². The van der Waals surface area contributed by atoms with E-state index in [0.717, 1.165) is 11.1 Å². The molecule has 8 heteroatoms. The van der Waals surface area contributed by atoms with Crippen LogP contribution >= 0.6 is 11.8 Å². The topological polar surface area (TPSA) is 111 Å². The molecule has 1 aromatic heterocycles. The fourth-order valence-corrected chi connectivity index (χ4v) is 3.51. The molecule has 0 saturated carbocycles. The first-order valence-corrected chi connectivity index (χ1v) is 9.28. The summed E-state index contributed by atoms with van der Waals surface area (Å²) in [6.07, 6.45) is 0. The van der Waals surface area contributed by atoms with Gasteiger partial charge in [-0.1, -0.05) is 72.4 Å². The molecule has 3 rings (SSSR count). The van der Waals surface area contributed by atoms with Crippen molar-refractivity contribution in [3.63, 3.8) is 0 Å². The summed E-state index contributed by atoms with van der Waals surface area (Å²) in [5.41, 5.74) is 13.2. The lowest BCUT2D eigenvalue weighted by Gasteiger charge is -2.29. The standard InChI is InChI=1S/C19H20N6OS/c1-25(15(26)12-27-19-23-17(20)22-18(21)24-19)16(13-8-4-2-5-9-13)14-10-6-3-7-11-14/h2-11,16H,12H2,1H3,(H4,20,21,22,23,24). The van der Waals surface area contributed by atoms with Crippen LogP contribution in [0.25, 0.3) is 0 Å². The Morgan fingerprint density at radius 3 is 1.89 bits per heavy atom. The van der Waals surface area contributed by atoms with Crippen LogP contribution in [0.15, 0.2) is 65.8 Å². The lowest BCUT2D eigenvalue weighted by Crippen LogP contribution is -2.33. The van der Waals surface area contributed by atoms with Gasteiger partial charge in [-0.3, -0.25) is 4.79 Å². The Balaban J connectivity index is 1.79. The molecule has 4 N–H and O–H groups in total. The van der Waals surface area contributed by atoms with Crippen molar-refractivity contribution in [1.82, 2.24) is 19.9 Å². The highest BCUT2D eigenvalue weighted by Gasteiger charge is 2.23. The van der Waals surface area contributed by atoms with Crippen LogP contribution in [-0.4, -0.2) is 38.6 Å². The average molecular weight is 380 g/mol. The molecule has 1 amide bonds. The van der Waals surface area contributed by atoms with Crippen molar-refractivity contribution < 1.29 is 4.79 Å². The number of amides is 1. The quantitative estimate of drug-likeness (QED) is 0.632. The van der Waals surface area contributed by atoms with E-state index >= 15 is 0 Å². The lowest BCUT2D eigenvalue weighted by molar-refractivity contribution is -0.128. The predicted octanol–water partition coefficient (Wildman–Crippen LogP) is 2.38. The number of nitrogens with two attached hydrogens (primary N) is 2. The minimum absolute atomic E-state index is 0.0391. The van der Waals surface area contributed by atoms with Crippen molar-refractivity contribution >= 4 is 29.6 Å². The zero-order valence-electron chi connectivity index (χ0n) is 14.8. The summed E-state index contributed by atoms with van der Waals surface area (Å²) >= 11 is 1.18. The van der Waals surface area contributed by atoms with Gasteiger partial charge < -0.3 is 16.4 Å². The largest absolute Gasteiger partial charge is 0.368 e. The second kappa shape index (κ2) is 8.50. The van der Waals surface area contributed by atoms with Gasteiger partial charge in [-0.15, -0.1) is 0 Å². The highest BCUT2D eigenvalue weighted by atomic mass is 32.2. The Labute approximate surface area is 161 Å². The number of carbonyl (C=O) groups excluding carboxylic acids is 1. The Kier molecular flexibility index (Phi) is 5.87. The highest BCUT2D eigenvalue weighted by molar-refractivity contribution is 7.99. The number of hydrogen-bond donors (Lipinski definition) is 2. The van der Waals surface area contributed by atoms with Gasteiger partial charge >= 0.3 is 0 Å². The zero-order chi connectivity index (χ0) is 19.2. The van der Waals surface area contributed by atoms with E-state index in [9.17, 15) is 4.79 Å². The first kappa shape index (κ1) is 18.7. The molecule has 138 valence electrons. The van der Waals surface area contributed by atoms with Gasteiger partial charge in [-0.25, -0.2) is 0 Å². The summed E-state index contributed by atoms with van der Waals surface area (Å²) in [6, 6.07) is 19.7. The lowest BCUT2D eigenvalue weighted by atomic mass is 9.97. The third kappa shape index (κ3) is 4.73. The van der Waals surface area contributed by atoms with E-state index < -0.39 is 0 Å². The fraction of sp³-hybridized carbons (Fsp3) is 0.158. The molecular formula is C19H20N6OS. The highest BCUT2D eigenvalue weighted by Crippen LogP contribution is 2.28. The smallest absolute Gasteiger partial charge is 0.233 e. The maximum absolute atomic E-state index is 12.8. The molecular weight excluding hydrogens is 360 g/mol. The summed E-state index contributed by atoms with van der Waals surface area (Å²) in [4.78, 5) is 26.3. The molecule has 0 atom stereocenters. The van der Waals surface area contributed by atoms with Crippen molar-refractivity contribution in [1.29, 1.82) is 0 Å². The normalized spacial score (nSPS) is 10.7. The molecule has 0 aliphatic rings. The van der Waals surface area contributed by atoms with E-state index in [1.165, 1.54) is 11.8 Å². The maximum Gasteiger partial charge on any atom is 0.233 e. The molecule has 0 radical (unpaired) electrons. The molecule has 7 nitrogen and oxygen atoms in total. The Morgan fingerprint density at radius 1 is 0.926 bits per heavy atom. The third-order valence-corrected chi connectivity index (χ3v) is 4.82. The van der Waals surface area contributed by atoms with Crippen molar-refractivity contribution in [3.05, 3.63) is 71.8 Å². The summed E-state index contributed by atoms with van der Waals surface area (Å²) in [6.45, 7) is 0. The van der Waals surface area contributed by atoms with Crippen LogP contribution in [0.4, 0.5) is 11.9 Å². The molecule has 0 spiro atoms. The van der Waals surface area contributed by atoms with Gasteiger partial charge in [0.15, 0.2) is 5.16 Å². The van der Waals surface area contributed by atoms with E-state index in [2.05, 4.69) is 15.0 Å². The van der Waals surface area contributed by atoms with Crippen LogP contribution in [0.2, 0.25) is 0 Å². The van der Waals surface area contributed by atoms with Crippen LogP contribution in [0.5, 0.6) is 0 Å². The van der Waals surface area contributed by atoms with Gasteiger partial charge in [0, 0.05) is 7.05 Å². The Bertz CT molecular complexity index is 847. The van der Waals surface area contributed by atoms with Crippen LogP contribution in [0, 0.1) is 0 Å². The summed E-state index contributed by atoms with van der Waals surface area (Å²) < 4.78 is 0. The van der Waals surface area contributed by atoms with Crippen LogP contribution in [0.3, 0.4) is 0 Å². The van der Waals surface area contributed by atoms with Gasteiger partial charge in [-0.2, -0.15) is 15.0 Å². The SMILES string of the molecule is CN(C(=O)CSc1nc(N)nc(N)n1)C(c1ccccc1)c1ccccc1. The molecule has 0 saturated heterocycles. The van der Waals surface area contributed by atoms with Crippen molar-refractivity contribution in [2.24, 2.45) is 0 Å². The summed E-state index contributed by atoms with van der Waals surface area (Å²) in [5, 5.41) is 0.331. The molecule has 0 unspecified atom stereocenters. The zero-order valence-corrected chi connectivity index (χ0v) is 15.6. The van der Waals surface area contributed by atoms with Crippen molar-refractivity contribution in [3.8, 4) is 0 Å². The number of carbonyl (C=O) groups is 1. The number of rotatable bonds is 6. The molecule has 0 aliphatic heterocycles. The number of nitrogen functional groups attached to an aromatic ring is 2. The van der Waals surface area contributed by atoms with E-state index in [0.29, 0.717) is 5.16 Å². The predicted molar refractivity (Wildman–Crippen MR) is 107 cm³/mol. The monoisotopic (exact) mass is 380 g/mol. The molecule has 0 fully saturated rings. The van der Waals surface area contributed by atoms with E-state index in [1.54, 1.807) is 11.9 Å². The van der Waals surface area contributed by atoms with Crippen molar-refractivity contribution in [2.75, 3.05) is 24.3 Å². The van der Waals surface area contributed by atoms with E-state index in [4.69, 9.17) is 11.5 Å². The molecule has 0 aliphatic carbocycles. The molecule has 27 heavy (non-hydrogen) atoms. The Morgan fingerprint density at radius 2 is 1.41 bits per heavy atom. The number of aromatic nitrogens is 3. The van der Waals surface area contributed by atoms with Gasteiger partial charge in [0.1, 0.15) is 0 Å². The summed E-state index contributed by atoms with van der Waals surface area (Å²) in [7, 11) is 1.80. The van der Waals surface area contributed by atoms with Crippen LogP contribution in [-0.2, 0) is 4.79 Å². The van der Waals surface area contributed by atoms with Gasteiger partial charge in [0.2, 0.25) is 17.8 Å². The molecule has 2 aromatic carbocycles. The number of hydrogen-bond acceptors (Lipinski definition) is 7. The van der Waals surface area contributed by atoms with Crippen LogP contribution < -0.4 is 11.5 Å². The first-order chi connectivity index (χ1) is 13.0.